The lowest BCUT2D eigenvalue weighted by atomic mass is 10.1. The Balaban J connectivity index is 2.34. The molecule has 104 valence electrons. The molecule has 1 heterocycles. The maximum atomic E-state index is 11.8. The van der Waals surface area contributed by atoms with Gasteiger partial charge in [-0.15, -0.1) is 11.3 Å². The first-order valence-corrected chi connectivity index (χ1v) is 7.38. The molecule has 6 heteroatoms. The van der Waals surface area contributed by atoms with E-state index < -0.39 is 5.91 Å². The van der Waals surface area contributed by atoms with Gasteiger partial charge >= 0.3 is 0 Å². The molecule has 19 heavy (non-hydrogen) atoms. The van der Waals surface area contributed by atoms with Gasteiger partial charge in [0.25, 0.3) is 5.91 Å². The Kier molecular flexibility index (Phi) is 4.09. The lowest BCUT2D eigenvalue weighted by Crippen LogP contribution is -2.19. The van der Waals surface area contributed by atoms with Crippen molar-refractivity contribution in [3.63, 3.8) is 0 Å². The third-order valence-corrected chi connectivity index (χ3v) is 4.63. The number of primary amides is 1. The molecule has 0 radical (unpaired) electrons. The van der Waals surface area contributed by atoms with Crippen LogP contribution in [0.3, 0.4) is 0 Å². The molecule has 0 bridgehead atoms. The van der Waals surface area contributed by atoms with Crippen molar-refractivity contribution in [3.05, 3.63) is 10.4 Å². The fourth-order valence-corrected chi connectivity index (χ4v) is 3.63. The van der Waals surface area contributed by atoms with Gasteiger partial charge in [0.15, 0.2) is 5.78 Å². The summed E-state index contributed by atoms with van der Waals surface area (Å²) < 4.78 is 0. The molecular weight excluding hydrogens is 262 g/mol. The summed E-state index contributed by atoms with van der Waals surface area (Å²) in [6, 6.07) is 0.348. The summed E-state index contributed by atoms with van der Waals surface area (Å²) in [7, 11) is 0. The minimum absolute atomic E-state index is 0.0514. The highest BCUT2D eigenvalue weighted by Gasteiger charge is 2.25. The zero-order valence-corrected chi connectivity index (χ0v) is 11.8. The quantitative estimate of drug-likeness (QED) is 0.722. The van der Waals surface area contributed by atoms with Gasteiger partial charge in [0, 0.05) is 12.5 Å². The van der Waals surface area contributed by atoms with E-state index in [4.69, 9.17) is 11.5 Å². The second kappa shape index (κ2) is 5.61. The van der Waals surface area contributed by atoms with Gasteiger partial charge < -0.3 is 16.8 Å². The highest BCUT2D eigenvalue weighted by Crippen LogP contribution is 2.37. The normalized spacial score (nSPS) is 15.6. The van der Waals surface area contributed by atoms with Crippen LogP contribution in [0.15, 0.2) is 0 Å². The molecule has 0 aromatic carbocycles. The van der Waals surface area contributed by atoms with Crippen LogP contribution in [0.1, 0.15) is 59.1 Å². The van der Waals surface area contributed by atoms with Crippen LogP contribution in [0, 0.1) is 0 Å². The summed E-state index contributed by atoms with van der Waals surface area (Å²) in [5, 5.41) is 3.96. The molecule has 1 amide bonds. The maximum Gasteiger partial charge on any atom is 0.253 e. The second-order valence-electron chi connectivity index (χ2n) is 4.82. The number of rotatable bonds is 5. The monoisotopic (exact) mass is 281 g/mol. The molecular formula is C13H19N3O2S. The Morgan fingerprint density at radius 1 is 1.37 bits per heavy atom. The number of nitrogens with one attached hydrogen (secondary N) is 1. The summed E-state index contributed by atoms with van der Waals surface area (Å²) in [5.41, 5.74) is 11.8. The smallest absolute Gasteiger partial charge is 0.253 e. The standard InChI is InChI=1S/C13H19N3O2S/c1-2-8(17)11-10(14)9(12(15)18)13(19-11)16-7-5-3-4-6-7/h7,16H,2-6,14H2,1H3,(H2,15,18). The number of thiophene rings is 1. The fraction of sp³-hybridized carbons (Fsp3) is 0.538. The van der Waals surface area contributed by atoms with Crippen molar-refractivity contribution >= 4 is 33.7 Å². The predicted octanol–water partition coefficient (Wildman–Crippen LogP) is 2.38. The van der Waals surface area contributed by atoms with Crippen molar-refractivity contribution in [2.75, 3.05) is 11.1 Å². The van der Waals surface area contributed by atoms with Gasteiger partial charge in [-0.3, -0.25) is 9.59 Å². The molecule has 0 aliphatic heterocycles. The number of Topliss-reactive ketones (excluding diaryl/α,β-unsaturated/α-hetero) is 1. The summed E-state index contributed by atoms with van der Waals surface area (Å²) >= 11 is 1.25. The van der Waals surface area contributed by atoms with Gasteiger partial charge in [-0.2, -0.15) is 0 Å². The molecule has 0 spiro atoms. The molecule has 1 fully saturated rings. The van der Waals surface area contributed by atoms with E-state index in [0.29, 0.717) is 22.3 Å². The van der Waals surface area contributed by atoms with Gasteiger partial charge in [0.05, 0.1) is 16.1 Å². The van der Waals surface area contributed by atoms with Crippen molar-refractivity contribution in [2.45, 2.75) is 45.1 Å². The molecule has 0 atom stereocenters. The number of ketones is 1. The first kappa shape index (κ1) is 13.9. The Bertz CT molecular complexity index is 504. The van der Waals surface area contributed by atoms with E-state index in [-0.39, 0.29) is 17.0 Å². The first-order chi connectivity index (χ1) is 9.04. The third-order valence-electron chi connectivity index (χ3n) is 3.46. The SMILES string of the molecule is CCC(=O)c1sc(NC2CCCC2)c(C(N)=O)c1N. The van der Waals surface area contributed by atoms with Gasteiger partial charge in [-0.05, 0) is 12.8 Å². The Hall–Kier alpha value is -1.56. The van der Waals surface area contributed by atoms with Crippen molar-refractivity contribution < 1.29 is 9.59 Å². The minimum atomic E-state index is -0.579. The number of nitrogens with two attached hydrogens (primary N) is 2. The molecule has 5 nitrogen and oxygen atoms in total. The summed E-state index contributed by atoms with van der Waals surface area (Å²) in [6.45, 7) is 1.77. The fourth-order valence-electron chi connectivity index (χ4n) is 2.41. The molecule has 1 aromatic rings. The largest absolute Gasteiger partial charge is 0.397 e. The van der Waals surface area contributed by atoms with Gasteiger partial charge in [0.1, 0.15) is 5.00 Å². The van der Waals surface area contributed by atoms with Crippen LogP contribution in [0.4, 0.5) is 10.7 Å². The van der Waals surface area contributed by atoms with E-state index >= 15 is 0 Å². The number of carbonyl (C=O) groups excluding carboxylic acids is 2. The van der Waals surface area contributed by atoms with Crippen molar-refractivity contribution in [2.24, 2.45) is 5.73 Å². The van der Waals surface area contributed by atoms with E-state index in [1.54, 1.807) is 6.92 Å². The van der Waals surface area contributed by atoms with Gasteiger partial charge in [0.2, 0.25) is 0 Å². The summed E-state index contributed by atoms with van der Waals surface area (Å²) in [5.74, 6) is -0.631. The number of carbonyl (C=O) groups is 2. The lowest BCUT2D eigenvalue weighted by molar-refractivity contribution is 0.0991. The molecule has 1 aromatic heterocycles. The van der Waals surface area contributed by atoms with Crippen LogP contribution in [0.25, 0.3) is 0 Å². The molecule has 2 rings (SSSR count). The van der Waals surface area contributed by atoms with Crippen LogP contribution in [0.5, 0.6) is 0 Å². The number of nitrogen functional groups attached to an aromatic ring is 1. The van der Waals surface area contributed by atoms with E-state index in [1.807, 2.05) is 0 Å². The van der Waals surface area contributed by atoms with E-state index in [0.717, 1.165) is 12.8 Å². The molecule has 5 N–H and O–H groups in total. The zero-order chi connectivity index (χ0) is 14.0. The minimum Gasteiger partial charge on any atom is -0.397 e. The lowest BCUT2D eigenvalue weighted by Gasteiger charge is -2.12. The van der Waals surface area contributed by atoms with Crippen LogP contribution in [-0.4, -0.2) is 17.7 Å². The second-order valence-corrected chi connectivity index (χ2v) is 5.84. The van der Waals surface area contributed by atoms with E-state index in [9.17, 15) is 9.59 Å². The Morgan fingerprint density at radius 3 is 2.53 bits per heavy atom. The molecule has 0 saturated heterocycles. The van der Waals surface area contributed by atoms with E-state index in [2.05, 4.69) is 5.32 Å². The highest BCUT2D eigenvalue weighted by molar-refractivity contribution is 7.19. The Morgan fingerprint density at radius 2 is 2.00 bits per heavy atom. The van der Waals surface area contributed by atoms with Crippen LogP contribution in [0.2, 0.25) is 0 Å². The van der Waals surface area contributed by atoms with Crippen LogP contribution in [-0.2, 0) is 0 Å². The molecule has 1 aliphatic carbocycles. The van der Waals surface area contributed by atoms with Crippen LogP contribution < -0.4 is 16.8 Å². The molecule has 0 unspecified atom stereocenters. The van der Waals surface area contributed by atoms with Crippen molar-refractivity contribution in [3.8, 4) is 0 Å². The number of anilines is 2. The van der Waals surface area contributed by atoms with Crippen molar-refractivity contribution in [1.29, 1.82) is 0 Å². The third kappa shape index (κ3) is 2.73. The Labute approximate surface area is 116 Å². The van der Waals surface area contributed by atoms with Gasteiger partial charge in [-0.1, -0.05) is 19.8 Å². The van der Waals surface area contributed by atoms with Crippen molar-refractivity contribution in [1.82, 2.24) is 0 Å². The molecule has 1 aliphatic rings. The van der Waals surface area contributed by atoms with Gasteiger partial charge in [-0.25, -0.2) is 0 Å². The number of hydrogen-bond donors (Lipinski definition) is 3. The maximum absolute atomic E-state index is 11.8. The zero-order valence-electron chi connectivity index (χ0n) is 11.0. The average molecular weight is 281 g/mol. The highest BCUT2D eigenvalue weighted by atomic mass is 32.1. The number of hydrogen-bond acceptors (Lipinski definition) is 5. The van der Waals surface area contributed by atoms with E-state index in [1.165, 1.54) is 24.2 Å². The topological polar surface area (TPSA) is 98.2 Å². The number of amides is 1. The predicted molar refractivity (Wildman–Crippen MR) is 77.7 cm³/mol. The average Bonchev–Trinajstić information content (AvgIpc) is 2.97. The molecule has 1 saturated carbocycles. The van der Waals surface area contributed by atoms with Crippen LogP contribution >= 0.6 is 11.3 Å². The summed E-state index contributed by atoms with van der Waals surface area (Å²) in [4.78, 5) is 23.8. The first-order valence-electron chi connectivity index (χ1n) is 6.56. The summed E-state index contributed by atoms with van der Waals surface area (Å²) in [6.07, 6.45) is 4.89.